The van der Waals surface area contributed by atoms with Crippen LogP contribution < -0.4 is 0 Å². The van der Waals surface area contributed by atoms with Gasteiger partial charge in [-0.1, -0.05) is 40.7 Å². The van der Waals surface area contributed by atoms with E-state index in [1.165, 1.54) is 0 Å². The van der Waals surface area contributed by atoms with E-state index in [1.54, 1.807) is 34.6 Å². The van der Waals surface area contributed by atoms with Crippen molar-refractivity contribution in [2.75, 3.05) is 0 Å². The number of aryl methyl sites for hydroxylation is 2. The molecule has 35 heavy (non-hydrogen) atoms. The van der Waals surface area contributed by atoms with E-state index in [9.17, 15) is 34.2 Å². The number of hydrogen-bond donors (Lipinski definition) is 2. The summed E-state index contributed by atoms with van der Waals surface area (Å²) in [7, 11) is 0. The van der Waals surface area contributed by atoms with E-state index < -0.39 is 63.1 Å². The monoisotopic (exact) mass is 482 g/mol. The maximum atomic E-state index is 14.2. The van der Waals surface area contributed by atoms with E-state index in [0.29, 0.717) is 17.5 Å². The Morgan fingerprint density at radius 2 is 1.74 bits per heavy atom. The Kier molecular flexibility index (Phi) is 5.57. The molecule has 7 heteroatoms. The van der Waals surface area contributed by atoms with Crippen molar-refractivity contribution in [1.29, 1.82) is 0 Å². The van der Waals surface area contributed by atoms with Gasteiger partial charge in [-0.2, -0.15) is 0 Å². The van der Waals surface area contributed by atoms with Crippen LogP contribution in [0.5, 0.6) is 5.75 Å². The zero-order chi connectivity index (χ0) is 26.4. The second kappa shape index (κ2) is 7.66. The van der Waals surface area contributed by atoms with Gasteiger partial charge in [-0.25, -0.2) is 0 Å². The Morgan fingerprint density at radius 1 is 1.14 bits per heavy atom. The van der Waals surface area contributed by atoms with Crippen molar-refractivity contribution >= 4 is 28.9 Å². The topological polar surface area (TPSA) is 126 Å². The van der Waals surface area contributed by atoms with Crippen LogP contribution in [0.4, 0.5) is 0 Å². The summed E-state index contributed by atoms with van der Waals surface area (Å²) in [6.07, 6.45) is 0.982. The molecule has 7 nitrogen and oxygen atoms in total. The van der Waals surface area contributed by atoms with Crippen LogP contribution in [0.3, 0.4) is 0 Å². The molecule has 3 aliphatic rings. The molecule has 4 rings (SSSR count). The number of Topliss-reactive ketones (excluding diaryl/α,β-unsaturated/α-hetero) is 5. The lowest BCUT2D eigenvalue weighted by Gasteiger charge is -2.62. The van der Waals surface area contributed by atoms with E-state index in [0.717, 1.165) is 12.5 Å². The predicted molar refractivity (Wildman–Crippen MR) is 127 cm³/mol. The molecule has 188 valence electrons. The number of carbonyl (C=O) groups is 5. The fourth-order valence-electron chi connectivity index (χ4n) is 7.74. The van der Waals surface area contributed by atoms with Crippen molar-refractivity contribution in [1.82, 2.24) is 0 Å². The van der Waals surface area contributed by atoms with E-state index in [-0.39, 0.29) is 30.1 Å². The number of carbonyl (C=O) groups excluding carboxylic acids is 5. The normalized spacial score (nSPS) is 36.7. The van der Waals surface area contributed by atoms with Gasteiger partial charge in [-0.3, -0.25) is 24.0 Å². The van der Waals surface area contributed by atoms with Crippen molar-refractivity contribution in [3.63, 3.8) is 0 Å². The van der Waals surface area contributed by atoms with Crippen LogP contribution in [-0.4, -0.2) is 44.7 Å². The molecular weight excluding hydrogens is 448 g/mol. The van der Waals surface area contributed by atoms with Gasteiger partial charge in [-0.05, 0) is 61.1 Å². The molecule has 0 aliphatic heterocycles. The minimum absolute atomic E-state index is 0.0703. The highest BCUT2D eigenvalue weighted by Gasteiger charge is 2.76. The quantitative estimate of drug-likeness (QED) is 0.634. The summed E-state index contributed by atoms with van der Waals surface area (Å²) in [5.74, 6) is -8.56. The lowest BCUT2D eigenvalue weighted by atomic mass is 9.40. The molecule has 0 heterocycles. The van der Waals surface area contributed by atoms with Crippen molar-refractivity contribution in [2.24, 2.45) is 34.5 Å². The first-order chi connectivity index (χ1) is 16.1. The van der Waals surface area contributed by atoms with E-state index >= 15 is 0 Å². The standard InChI is InChI=1S/C28H34O7/c1-8-15-9-13(4)21(30)18-16(15)10-26(6)11-27(7)19(12(2)3)22(31)17(14(5)29)24(33)28(27,35)25(34)20(26)23(18)32/h9,12,17,19-20,30,35H,8,10-11H2,1-7H3/t17?,19?,20?,26-,27-,28+/m1/s1. The summed E-state index contributed by atoms with van der Waals surface area (Å²) in [5, 5.41) is 22.8. The molecule has 2 saturated carbocycles. The molecule has 0 saturated heterocycles. The number of rotatable bonds is 3. The van der Waals surface area contributed by atoms with Crippen LogP contribution >= 0.6 is 0 Å². The first-order valence-corrected chi connectivity index (χ1v) is 12.3. The zero-order valence-electron chi connectivity index (χ0n) is 21.4. The third-order valence-electron chi connectivity index (χ3n) is 9.04. The summed E-state index contributed by atoms with van der Waals surface area (Å²) in [5.41, 5.74) is -2.96. The minimum Gasteiger partial charge on any atom is -0.507 e. The number of aliphatic hydroxyl groups is 1. The Balaban J connectivity index is 2.01. The number of phenolic OH excluding ortho intramolecular Hbond substituents is 1. The first-order valence-electron chi connectivity index (χ1n) is 12.3. The fraction of sp³-hybridized carbons (Fsp3) is 0.607. The molecule has 2 N–H and O–H groups in total. The van der Waals surface area contributed by atoms with Crippen LogP contribution in [-0.2, 0) is 32.0 Å². The molecule has 1 aromatic rings. The second-order valence-electron chi connectivity index (χ2n) is 11.7. The van der Waals surface area contributed by atoms with Crippen LogP contribution in [0.1, 0.15) is 75.0 Å². The van der Waals surface area contributed by atoms with Gasteiger partial charge in [0.1, 0.15) is 17.5 Å². The van der Waals surface area contributed by atoms with Crippen molar-refractivity contribution < 1.29 is 34.2 Å². The number of ketones is 5. The highest BCUT2D eigenvalue weighted by Crippen LogP contribution is 2.63. The second-order valence-corrected chi connectivity index (χ2v) is 11.7. The molecule has 0 amide bonds. The Bertz CT molecular complexity index is 1210. The van der Waals surface area contributed by atoms with Crippen molar-refractivity contribution in [2.45, 2.75) is 73.3 Å². The van der Waals surface area contributed by atoms with Gasteiger partial charge >= 0.3 is 0 Å². The summed E-state index contributed by atoms with van der Waals surface area (Å²) in [4.78, 5) is 67.5. The summed E-state index contributed by atoms with van der Waals surface area (Å²) in [6.45, 7) is 11.7. The van der Waals surface area contributed by atoms with Crippen molar-refractivity contribution in [3.8, 4) is 5.75 Å². The Labute approximate surface area is 205 Å². The third kappa shape index (κ3) is 2.97. The minimum atomic E-state index is -2.66. The van der Waals surface area contributed by atoms with Crippen LogP contribution in [0.25, 0.3) is 0 Å². The largest absolute Gasteiger partial charge is 0.507 e. The maximum absolute atomic E-state index is 14.2. The van der Waals surface area contributed by atoms with Gasteiger partial charge < -0.3 is 10.2 Å². The highest BCUT2D eigenvalue weighted by atomic mass is 16.3. The zero-order valence-corrected chi connectivity index (χ0v) is 21.4. The average molecular weight is 483 g/mol. The number of aromatic hydroxyl groups is 1. The van der Waals surface area contributed by atoms with Crippen LogP contribution in [0.15, 0.2) is 6.07 Å². The van der Waals surface area contributed by atoms with E-state index in [1.807, 2.05) is 13.0 Å². The summed E-state index contributed by atoms with van der Waals surface area (Å²) < 4.78 is 0. The summed E-state index contributed by atoms with van der Waals surface area (Å²) in [6, 6.07) is 1.84. The third-order valence-corrected chi connectivity index (χ3v) is 9.04. The van der Waals surface area contributed by atoms with Crippen LogP contribution in [0, 0.1) is 41.4 Å². The van der Waals surface area contributed by atoms with Crippen LogP contribution in [0.2, 0.25) is 0 Å². The van der Waals surface area contributed by atoms with Gasteiger partial charge in [0.05, 0.1) is 11.5 Å². The van der Waals surface area contributed by atoms with Gasteiger partial charge in [0, 0.05) is 11.3 Å². The number of hydrogen-bond acceptors (Lipinski definition) is 7. The first kappa shape index (κ1) is 25.4. The molecular formula is C28H34O7. The summed E-state index contributed by atoms with van der Waals surface area (Å²) >= 11 is 0. The van der Waals surface area contributed by atoms with Gasteiger partial charge in [0.15, 0.2) is 28.7 Å². The molecule has 0 spiro atoms. The van der Waals surface area contributed by atoms with E-state index in [4.69, 9.17) is 0 Å². The Morgan fingerprint density at radius 3 is 2.26 bits per heavy atom. The molecule has 3 aliphatic carbocycles. The molecule has 3 unspecified atom stereocenters. The number of benzene rings is 1. The van der Waals surface area contributed by atoms with Gasteiger partial charge in [0.25, 0.3) is 0 Å². The maximum Gasteiger partial charge on any atom is 0.190 e. The molecule has 2 fully saturated rings. The van der Waals surface area contributed by atoms with Crippen molar-refractivity contribution in [3.05, 3.63) is 28.3 Å². The molecule has 0 radical (unpaired) electrons. The van der Waals surface area contributed by atoms with Gasteiger partial charge in [-0.15, -0.1) is 0 Å². The molecule has 0 aromatic heterocycles. The lowest BCUT2D eigenvalue weighted by Crippen LogP contribution is -2.76. The number of fused-ring (bicyclic) bond motifs is 3. The highest BCUT2D eigenvalue weighted by molar-refractivity contribution is 6.32. The molecule has 6 atom stereocenters. The SMILES string of the molecule is CCc1cc(C)c(O)c2c1C[C@]1(C)C[C@]3(C)C(C(C)C)C(=O)C(C(C)=O)C(=O)[C@]3(O)C(=O)C1C2=O. The van der Waals surface area contributed by atoms with E-state index in [2.05, 4.69) is 0 Å². The smallest absolute Gasteiger partial charge is 0.190 e. The number of phenols is 1. The lowest BCUT2D eigenvalue weighted by molar-refractivity contribution is -0.205. The fourth-order valence-corrected chi connectivity index (χ4v) is 7.74. The molecule has 1 aromatic carbocycles. The molecule has 0 bridgehead atoms. The van der Waals surface area contributed by atoms with Gasteiger partial charge in [0.2, 0.25) is 0 Å². The average Bonchev–Trinajstić information content (AvgIpc) is 2.72. The Hall–Kier alpha value is -2.67. The predicted octanol–water partition coefficient (Wildman–Crippen LogP) is 2.96.